The van der Waals surface area contributed by atoms with E-state index in [1.807, 2.05) is 35.4 Å². The summed E-state index contributed by atoms with van der Waals surface area (Å²) in [5.41, 5.74) is 4.76. The molecule has 25 heavy (non-hydrogen) atoms. The van der Waals surface area contributed by atoms with Crippen molar-refractivity contribution >= 4 is 22.5 Å². The number of fused-ring (bicyclic) bond motifs is 2. The second-order valence-electron chi connectivity index (χ2n) is 7.21. The van der Waals surface area contributed by atoms with Gasteiger partial charge in [-0.15, -0.1) is 0 Å². The van der Waals surface area contributed by atoms with E-state index in [9.17, 15) is 4.79 Å². The average Bonchev–Trinajstić information content (AvgIpc) is 2.87. The number of aryl methyl sites for hydroxylation is 1. The Kier molecular flexibility index (Phi) is 4.58. The van der Waals surface area contributed by atoms with Crippen LogP contribution in [0.1, 0.15) is 31.9 Å². The molecule has 1 aromatic heterocycles. The lowest BCUT2D eigenvalue weighted by Gasteiger charge is -2.19. The number of nitrogens with zero attached hydrogens (tertiary/aromatic N) is 2. The monoisotopic (exact) mass is 332 g/mol. The molecule has 0 unspecified atom stereocenters. The summed E-state index contributed by atoms with van der Waals surface area (Å²) in [7, 11) is 0. The van der Waals surface area contributed by atoms with Crippen molar-refractivity contribution < 1.29 is 4.79 Å². The molecule has 0 fully saturated rings. The molecule has 0 saturated heterocycles. The third-order valence-corrected chi connectivity index (χ3v) is 4.62. The van der Waals surface area contributed by atoms with Gasteiger partial charge in [-0.1, -0.05) is 55.8 Å². The number of hydrogen-bond acceptors (Lipinski definition) is 2. The first-order chi connectivity index (χ1) is 11.9. The zero-order chi connectivity index (χ0) is 18.0. The second kappa shape index (κ2) is 6.67. The molecule has 1 aliphatic rings. The van der Waals surface area contributed by atoms with Crippen LogP contribution in [0.2, 0.25) is 0 Å². The lowest BCUT2D eigenvalue weighted by Crippen LogP contribution is -2.31. The van der Waals surface area contributed by atoms with Crippen molar-refractivity contribution in [3.8, 4) is 0 Å². The summed E-state index contributed by atoms with van der Waals surface area (Å²) in [5.74, 6) is 0.130. The molecule has 4 rings (SSSR count). The van der Waals surface area contributed by atoms with Gasteiger partial charge in [0, 0.05) is 36.2 Å². The van der Waals surface area contributed by atoms with E-state index in [0.717, 1.165) is 17.7 Å². The predicted octanol–water partition coefficient (Wildman–Crippen LogP) is 4.87. The number of aromatic nitrogens is 1. The van der Waals surface area contributed by atoms with E-state index in [1.54, 1.807) is 6.92 Å². The summed E-state index contributed by atoms with van der Waals surface area (Å²) in [6.45, 7) is 8.89. The van der Waals surface area contributed by atoms with Crippen molar-refractivity contribution in [1.82, 2.24) is 4.98 Å². The minimum atomic E-state index is 0.0764. The van der Waals surface area contributed by atoms with E-state index < -0.39 is 0 Å². The summed E-state index contributed by atoms with van der Waals surface area (Å²) in [6, 6.07) is 18.4. The number of pyridine rings is 1. The van der Waals surface area contributed by atoms with Gasteiger partial charge in [0.25, 0.3) is 0 Å². The molecule has 0 radical (unpaired) electrons. The van der Waals surface area contributed by atoms with Crippen LogP contribution >= 0.6 is 0 Å². The molecule has 0 N–H and O–H groups in total. The molecule has 0 aliphatic carbocycles. The number of anilines is 1. The Balaban J connectivity index is 0.000000157. The first kappa shape index (κ1) is 17.2. The fraction of sp³-hybridized carbons (Fsp3) is 0.273. The highest BCUT2D eigenvalue weighted by Crippen LogP contribution is 2.40. The highest BCUT2D eigenvalue weighted by Gasteiger charge is 2.36. The molecule has 3 heteroatoms. The smallest absolute Gasteiger partial charge is 0.223 e. The van der Waals surface area contributed by atoms with Crippen molar-refractivity contribution in [1.29, 1.82) is 0 Å². The van der Waals surface area contributed by atoms with Gasteiger partial charge >= 0.3 is 0 Å². The van der Waals surface area contributed by atoms with Crippen LogP contribution in [0, 0.1) is 6.92 Å². The molecule has 1 amide bonds. The second-order valence-corrected chi connectivity index (χ2v) is 7.21. The first-order valence-electron chi connectivity index (χ1n) is 8.57. The highest BCUT2D eigenvalue weighted by atomic mass is 16.2. The van der Waals surface area contributed by atoms with Crippen molar-refractivity contribution in [3.05, 3.63) is 71.9 Å². The van der Waals surface area contributed by atoms with Gasteiger partial charge in [0.15, 0.2) is 0 Å². The van der Waals surface area contributed by atoms with Gasteiger partial charge in [0.05, 0.1) is 5.52 Å². The SMILES string of the molecule is CC(=O)N1CC(C)(C)c2cc(C)ccc21.c1ccc2ncccc2c1. The topological polar surface area (TPSA) is 33.2 Å². The zero-order valence-corrected chi connectivity index (χ0v) is 15.3. The van der Waals surface area contributed by atoms with Gasteiger partial charge in [-0.2, -0.15) is 0 Å². The fourth-order valence-electron chi connectivity index (χ4n) is 3.29. The predicted molar refractivity (Wildman–Crippen MR) is 104 cm³/mol. The van der Waals surface area contributed by atoms with Crippen LogP contribution in [0.3, 0.4) is 0 Å². The van der Waals surface area contributed by atoms with Crippen LogP contribution < -0.4 is 4.90 Å². The molecular formula is C22H24N2O. The molecule has 128 valence electrons. The van der Waals surface area contributed by atoms with Gasteiger partial charge < -0.3 is 4.90 Å². The Labute approximate surface area is 149 Å². The zero-order valence-electron chi connectivity index (χ0n) is 15.3. The van der Waals surface area contributed by atoms with E-state index in [-0.39, 0.29) is 11.3 Å². The molecule has 1 aliphatic heterocycles. The highest BCUT2D eigenvalue weighted by molar-refractivity contribution is 5.94. The Morgan fingerprint density at radius 1 is 1.08 bits per heavy atom. The van der Waals surface area contributed by atoms with E-state index in [0.29, 0.717) is 0 Å². The van der Waals surface area contributed by atoms with Gasteiger partial charge in [-0.05, 0) is 30.7 Å². The third-order valence-electron chi connectivity index (χ3n) is 4.62. The molecule has 2 aromatic carbocycles. The van der Waals surface area contributed by atoms with E-state index >= 15 is 0 Å². The maximum atomic E-state index is 11.5. The number of benzene rings is 2. The summed E-state index contributed by atoms with van der Waals surface area (Å²) in [5, 5.41) is 1.20. The Morgan fingerprint density at radius 2 is 1.80 bits per heavy atom. The maximum Gasteiger partial charge on any atom is 0.223 e. The molecule has 0 bridgehead atoms. The molecule has 3 nitrogen and oxygen atoms in total. The fourth-order valence-corrected chi connectivity index (χ4v) is 3.29. The largest absolute Gasteiger partial charge is 0.311 e. The Bertz CT molecular complexity index is 849. The van der Waals surface area contributed by atoms with Crippen LogP contribution in [0.5, 0.6) is 0 Å². The minimum Gasteiger partial charge on any atom is -0.311 e. The number of amides is 1. The number of carbonyl (C=O) groups is 1. The number of para-hydroxylation sites is 1. The van der Waals surface area contributed by atoms with Gasteiger partial charge in [-0.3, -0.25) is 9.78 Å². The number of rotatable bonds is 0. The van der Waals surface area contributed by atoms with Crippen LogP contribution in [0.25, 0.3) is 10.9 Å². The van der Waals surface area contributed by atoms with Crippen LogP contribution in [0.15, 0.2) is 60.8 Å². The van der Waals surface area contributed by atoms with Gasteiger partial charge in [-0.25, -0.2) is 0 Å². The lowest BCUT2D eigenvalue weighted by atomic mass is 9.86. The van der Waals surface area contributed by atoms with E-state index in [4.69, 9.17) is 0 Å². The van der Waals surface area contributed by atoms with Crippen LogP contribution in [-0.4, -0.2) is 17.4 Å². The molecule has 0 spiro atoms. The lowest BCUT2D eigenvalue weighted by molar-refractivity contribution is -0.116. The quantitative estimate of drug-likeness (QED) is 0.588. The number of hydrogen-bond donors (Lipinski definition) is 0. The third kappa shape index (κ3) is 3.55. The van der Waals surface area contributed by atoms with Gasteiger partial charge in [0.2, 0.25) is 5.91 Å². The van der Waals surface area contributed by atoms with Crippen molar-refractivity contribution in [2.45, 2.75) is 33.1 Å². The normalized spacial score (nSPS) is 14.6. The average molecular weight is 332 g/mol. The van der Waals surface area contributed by atoms with E-state index in [1.165, 1.54) is 16.5 Å². The van der Waals surface area contributed by atoms with Gasteiger partial charge in [0.1, 0.15) is 0 Å². The summed E-state index contributed by atoms with van der Waals surface area (Å²) in [4.78, 5) is 17.6. The first-order valence-corrected chi connectivity index (χ1v) is 8.57. The molecule has 2 heterocycles. The summed E-state index contributed by atoms with van der Waals surface area (Å²) < 4.78 is 0. The molecule has 3 aromatic rings. The van der Waals surface area contributed by atoms with E-state index in [2.05, 4.69) is 56.1 Å². The Hall–Kier alpha value is -2.68. The van der Waals surface area contributed by atoms with Crippen LogP contribution in [-0.2, 0) is 10.2 Å². The van der Waals surface area contributed by atoms with Crippen LogP contribution in [0.4, 0.5) is 5.69 Å². The molecule has 0 saturated carbocycles. The summed E-state index contributed by atoms with van der Waals surface area (Å²) >= 11 is 0. The Morgan fingerprint density at radius 3 is 2.52 bits per heavy atom. The standard InChI is InChI=1S/C13H17NO.C9H7N/c1-9-5-6-12-11(7-9)13(3,4)8-14(12)10(2)15;1-2-6-9-8(4-1)5-3-7-10-9/h5-7H,8H2,1-4H3;1-7H. The summed E-state index contributed by atoms with van der Waals surface area (Å²) in [6.07, 6.45) is 1.81. The number of carbonyl (C=O) groups excluding carboxylic acids is 1. The minimum absolute atomic E-state index is 0.0764. The maximum absolute atomic E-state index is 11.5. The molecular weight excluding hydrogens is 308 g/mol. The molecule has 0 atom stereocenters. The van der Waals surface area contributed by atoms with Crippen molar-refractivity contribution in [3.63, 3.8) is 0 Å². The van der Waals surface area contributed by atoms with Crippen molar-refractivity contribution in [2.75, 3.05) is 11.4 Å². The van der Waals surface area contributed by atoms with Crippen molar-refractivity contribution in [2.24, 2.45) is 0 Å².